The summed E-state index contributed by atoms with van der Waals surface area (Å²) in [7, 11) is 0. The highest BCUT2D eigenvalue weighted by Gasteiger charge is 2.31. The summed E-state index contributed by atoms with van der Waals surface area (Å²) in [6, 6.07) is 8.56. The molecule has 1 aliphatic carbocycles. The third kappa shape index (κ3) is 2.03. The maximum absolute atomic E-state index is 5.97. The van der Waals surface area contributed by atoms with Crippen molar-refractivity contribution in [1.29, 1.82) is 0 Å². The molecule has 0 aromatic heterocycles. The van der Waals surface area contributed by atoms with Gasteiger partial charge in [-0.3, -0.25) is 0 Å². The SMILES string of the molecule is CC1Oc2ccccc2C1N=C(N)NC1CCC1. The van der Waals surface area contributed by atoms with Gasteiger partial charge >= 0.3 is 0 Å². The summed E-state index contributed by atoms with van der Waals surface area (Å²) in [5.74, 6) is 1.46. The van der Waals surface area contributed by atoms with Crippen LogP contribution in [0.15, 0.2) is 29.3 Å². The molecule has 2 unspecified atom stereocenters. The van der Waals surface area contributed by atoms with E-state index in [1.165, 1.54) is 19.3 Å². The van der Waals surface area contributed by atoms with Gasteiger partial charge in [-0.05, 0) is 32.3 Å². The highest BCUT2D eigenvalue weighted by Crippen LogP contribution is 2.38. The lowest BCUT2D eigenvalue weighted by atomic mass is 9.93. The molecule has 0 radical (unpaired) electrons. The van der Waals surface area contributed by atoms with Crippen LogP contribution in [0, 0.1) is 0 Å². The molecule has 4 nitrogen and oxygen atoms in total. The Bertz CT molecular complexity index is 468. The summed E-state index contributed by atoms with van der Waals surface area (Å²) in [5.41, 5.74) is 7.09. The second kappa shape index (κ2) is 4.52. The average molecular weight is 245 g/mol. The molecule has 1 aromatic rings. The third-order valence-electron chi connectivity index (χ3n) is 3.73. The molecular weight excluding hydrogens is 226 g/mol. The smallest absolute Gasteiger partial charge is 0.189 e. The number of para-hydroxylation sites is 1. The first kappa shape index (κ1) is 11.4. The Morgan fingerprint density at radius 2 is 2.17 bits per heavy atom. The molecule has 2 atom stereocenters. The Morgan fingerprint density at radius 1 is 1.39 bits per heavy atom. The highest BCUT2D eigenvalue weighted by molar-refractivity contribution is 5.78. The van der Waals surface area contributed by atoms with Gasteiger partial charge in [0.05, 0.1) is 0 Å². The number of fused-ring (bicyclic) bond motifs is 1. The van der Waals surface area contributed by atoms with Crippen LogP contribution in [0.5, 0.6) is 5.75 Å². The van der Waals surface area contributed by atoms with Gasteiger partial charge in [0, 0.05) is 11.6 Å². The van der Waals surface area contributed by atoms with Gasteiger partial charge < -0.3 is 15.8 Å². The molecule has 1 fully saturated rings. The summed E-state index contributed by atoms with van der Waals surface area (Å²) in [5, 5.41) is 3.27. The fourth-order valence-electron chi connectivity index (χ4n) is 2.47. The molecule has 0 spiro atoms. The molecule has 0 saturated heterocycles. The summed E-state index contributed by atoms with van der Waals surface area (Å²) in [6.45, 7) is 2.03. The average Bonchev–Trinajstić information content (AvgIpc) is 2.61. The third-order valence-corrected chi connectivity index (χ3v) is 3.73. The van der Waals surface area contributed by atoms with Crippen LogP contribution in [0.1, 0.15) is 37.8 Å². The minimum Gasteiger partial charge on any atom is -0.488 e. The van der Waals surface area contributed by atoms with E-state index in [1.54, 1.807) is 0 Å². The molecule has 18 heavy (non-hydrogen) atoms. The van der Waals surface area contributed by atoms with Gasteiger partial charge in [0.1, 0.15) is 17.9 Å². The number of guanidine groups is 1. The number of benzene rings is 1. The zero-order valence-electron chi connectivity index (χ0n) is 10.6. The number of ether oxygens (including phenoxy) is 1. The van der Waals surface area contributed by atoms with Crippen LogP contribution in [0.25, 0.3) is 0 Å². The molecule has 1 aliphatic heterocycles. The van der Waals surface area contributed by atoms with Gasteiger partial charge in [-0.2, -0.15) is 0 Å². The van der Waals surface area contributed by atoms with E-state index in [2.05, 4.69) is 16.4 Å². The predicted octanol–water partition coefficient (Wildman–Crippen LogP) is 1.97. The van der Waals surface area contributed by atoms with Crippen molar-refractivity contribution in [2.45, 2.75) is 44.4 Å². The van der Waals surface area contributed by atoms with Crippen molar-refractivity contribution < 1.29 is 4.74 Å². The van der Waals surface area contributed by atoms with Crippen LogP contribution in [-0.2, 0) is 0 Å². The molecule has 3 rings (SSSR count). The largest absolute Gasteiger partial charge is 0.488 e. The molecule has 1 aromatic carbocycles. The lowest BCUT2D eigenvalue weighted by Crippen LogP contribution is -2.44. The quantitative estimate of drug-likeness (QED) is 0.618. The number of nitrogens with one attached hydrogen (secondary N) is 1. The van der Waals surface area contributed by atoms with E-state index in [9.17, 15) is 0 Å². The summed E-state index contributed by atoms with van der Waals surface area (Å²) in [4.78, 5) is 4.58. The lowest BCUT2D eigenvalue weighted by Gasteiger charge is -2.27. The fraction of sp³-hybridized carbons (Fsp3) is 0.500. The summed E-state index contributed by atoms with van der Waals surface area (Å²) < 4.78 is 5.78. The van der Waals surface area contributed by atoms with Gasteiger partial charge in [-0.15, -0.1) is 0 Å². The molecule has 4 heteroatoms. The maximum Gasteiger partial charge on any atom is 0.189 e. The van der Waals surface area contributed by atoms with E-state index in [1.807, 2.05) is 25.1 Å². The van der Waals surface area contributed by atoms with E-state index >= 15 is 0 Å². The van der Waals surface area contributed by atoms with Gasteiger partial charge in [-0.1, -0.05) is 18.2 Å². The molecule has 0 bridgehead atoms. The zero-order valence-corrected chi connectivity index (χ0v) is 10.6. The van der Waals surface area contributed by atoms with Crippen molar-refractivity contribution in [3.05, 3.63) is 29.8 Å². The summed E-state index contributed by atoms with van der Waals surface area (Å²) >= 11 is 0. The van der Waals surface area contributed by atoms with Crippen molar-refractivity contribution >= 4 is 5.96 Å². The van der Waals surface area contributed by atoms with E-state index in [0.29, 0.717) is 12.0 Å². The number of aliphatic imine (C=N–C) groups is 1. The van der Waals surface area contributed by atoms with Crippen molar-refractivity contribution in [3.63, 3.8) is 0 Å². The minimum atomic E-state index is 0.00813. The first-order chi connectivity index (χ1) is 8.74. The Hall–Kier alpha value is -1.71. The van der Waals surface area contributed by atoms with Crippen LogP contribution in [-0.4, -0.2) is 18.1 Å². The highest BCUT2D eigenvalue weighted by atomic mass is 16.5. The number of hydrogen-bond acceptors (Lipinski definition) is 2. The Balaban J connectivity index is 1.77. The lowest BCUT2D eigenvalue weighted by molar-refractivity contribution is 0.228. The van der Waals surface area contributed by atoms with Crippen LogP contribution >= 0.6 is 0 Å². The van der Waals surface area contributed by atoms with Gasteiger partial charge in [0.25, 0.3) is 0 Å². The van der Waals surface area contributed by atoms with Crippen LogP contribution in [0.3, 0.4) is 0 Å². The maximum atomic E-state index is 5.97. The Morgan fingerprint density at radius 3 is 2.89 bits per heavy atom. The van der Waals surface area contributed by atoms with Gasteiger partial charge in [-0.25, -0.2) is 4.99 Å². The second-order valence-corrected chi connectivity index (χ2v) is 5.09. The van der Waals surface area contributed by atoms with Crippen molar-refractivity contribution in [2.75, 3.05) is 0 Å². The van der Waals surface area contributed by atoms with Gasteiger partial charge in [0.15, 0.2) is 5.96 Å². The van der Waals surface area contributed by atoms with Crippen LogP contribution < -0.4 is 15.8 Å². The van der Waals surface area contributed by atoms with Crippen molar-refractivity contribution in [2.24, 2.45) is 10.7 Å². The molecule has 0 amide bonds. The number of nitrogens with two attached hydrogens (primary N) is 1. The minimum absolute atomic E-state index is 0.00813. The van der Waals surface area contributed by atoms with Crippen LogP contribution in [0.2, 0.25) is 0 Å². The number of rotatable bonds is 2. The van der Waals surface area contributed by atoms with Crippen molar-refractivity contribution in [3.8, 4) is 5.75 Å². The molecule has 3 N–H and O–H groups in total. The number of hydrogen-bond donors (Lipinski definition) is 2. The standard InChI is InChI=1S/C14H19N3O/c1-9-13(11-7-2-3-8-12(11)18-9)17-14(15)16-10-5-4-6-10/h2-3,7-10,13H,4-6H2,1H3,(H3,15,16,17). The first-order valence-corrected chi connectivity index (χ1v) is 6.59. The Kier molecular flexibility index (Phi) is 2.86. The molecule has 1 saturated carbocycles. The second-order valence-electron chi connectivity index (χ2n) is 5.09. The fourth-order valence-corrected chi connectivity index (χ4v) is 2.47. The van der Waals surface area contributed by atoms with Gasteiger partial charge in [0.2, 0.25) is 0 Å². The summed E-state index contributed by atoms with van der Waals surface area (Å²) in [6.07, 6.45) is 3.73. The zero-order chi connectivity index (χ0) is 12.5. The van der Waals surface area contributed by atoms with Crippen molar-refractivity contribution in [1.82, 2.24) is 5.32 Å². The van der Waals surface area contributed by atoms with Crippen LogP contribution in [0.4, 0.5) is 0 Å². The molecule has 96 valence electrons. The Labute approximate surface area is 107 Å². The predicted molar refractivity (Wildman–Crippen MR) is 71.7 cm³/mol. The topological polar surface area (TPSA) is 59.6 Å². The molecular formula is C14H19N3O. The van der Waals surface area contributed by atoms with E-state index in [4.69, 9.17) is 10.5 Å². The normalized spacial score (nSPS) is 27.3. The number of nitrogens with zero attached hydrogens (tertiary/aromatic N) is 1. The molecule has 2 aliphatic rings. The van der Waals surface area contributed by atoms with E-state index in [0.717, 1.165) is 11.3 Å². The monoisotopic (exact) mass is 245 g/mol. The van der Waals surface area contributed by atoms with E-state index in [-0.39, 0.29) is 12.1 Å². The molecule has 1 heterocycles. The van der Waals surface area contributed by atoms with E-state index < -0.39 is 0 Å². The first-order valence-electron chi connectivity index (χ1n) is 6.59.